The molecule has 0 bridgehead atoms. The fourth-order valence-electron chi connectivity index (χ4n) is 0.798. The molecular weight excluding hydrogens is 282 g/mol. The first-order valence-corrected chi connectivity index (χ1v) is 8.34. The van der Waals surface area contributed by atoms with Crippen LogP contribution in [0.2, 0.25) is 0 Å². The normalized spacial score (nSPS) is 14.5. The Labute approximate surface area is 109 Å². The van der Waals surface area contributed by atoms with Gasteiger partial charge in [0.15, 0.2) is 0 Å². The number of Topliss-reactive ketones (excluding diaryl/α,β-unsaturated/α-hetero) is 2. The van der Waals surface area contributed by atoms with Gasteiger partial charge in [-0.25, -0.2) is 0 Å². The van der Waals surface area contributed by atoms with E-state index in [0.29, 0.717) is 11.5 Å². The highest BCUT2D eigenvalue weighted by molar-refractivity contribution is 8.76. The molecule has 0 saturated carbocycles. The third-order valence-electron chi connectivity index (χ3n) is 1.94. The van der Waals surface area contributed by atoms with Crippen molar-refractivity contribution in [3.8, 4) is 0 Å². The minimum Gasteiger partial charge on any atom is -0.298 e. The molecule has 0 aliphatic carbocycles. The maximum atomic E-state index is 11.1. The zero-order chi connectivity index (χ0) is 12.6. The predicted molar refractivity (Wildman–Crippen MR) is 79.5 cm³/mol. The molecule has 0 radical (unpaired) electrons. The van der Waals surface area contributed by atoms with Crippen LogP contribution in [0.3, 0.4) is 0 Å². The van der Waals surface area contributed by atoms with E-state index in [1.807, 2.05) is 0 Å². The lowest BCUT2D eigenvalue weighted by molar-refractivity contribution is -0.118. The molecule has 0 aromatic rings. The quantitative estimate of drug-likeness (QED) is 0.377. The van der Waals surface area contributed by atoms with Gasteiger partial charge in [0, 0.05) is 11.5 Å². The van der Waals surface area contributed by atoms with Crippen molar-refractivity contribution in [2.45, 2.75) is 25.9 Å². The summed E-state index contributed by atoms with van der Waals surface area (Å²) in [6, 6.07) is -0.274. The highest BCUT2D eigenvalue weighted by atomic mass is 33.1. The Kier molecular flexibility index (Phi) is 10.3. The smallest absolute Gasteiger partial charge is 0.147 e. The SMILES string of the molecule is CC(=O)[C@H](CSSC[C@H](NP)C(C)=O)NP. The average Bonchev–Trinajstić information content (AvgIpc) is 2.22. The second kappa shape index (κ2) is 9.81. The van der Waals surface area contributed by atoms with E-state index in [2.05, 4.69) is 29.0 Å². The van der Waals surface area contributed by atoms with Crippen molar-refractivity contribution in [3.05, 3.63) is 0 Å². The first-order chi connectivity index (χ1) is 7.52. The third-order valence-corrected chi connectivity index (χ3v) is 5.16. The van der Waals surface area contributed by atoms with Crippen LogP contribution in [-0.2, 0) is 9.59 Å². The van der Waals surface area contributed by atoms with Crippen molar-refractivity contribution in [2.24, 2.45) is 0 Å². The number of carbonyl (C=O) groups is 2. The van der Waals surface area contributed by atoms with Gasteiger partial charge in [-0.3, -0.25) is 19.8 Å². The Morgan fingerprint density at radius 3 is 1.50 bits per heavy atom. The number of ketones is 2. The van der Waals surface area contributed by atoms with E-state index in [1.54, 1.807) is 35.4 Å². The Morgan fingerprint density at radius 1 is 1.00 bits per heavy atom. The first kappa shape index (κ1) is 16.8. The molecule has 0 rings (SSSR count). The van der Waals surface area contributed by atoms with E-state index >= 15 is 0 Å². The molecule has 0 aromatic carbocycles. The van der Waals surface area contributed by atoms with E-state index in [9.17, 15) is 9.59 Å². The Bertz CT molecular complexity index is 220. The molecule has 4 nitrogen and oxygen atoms in total. The molecule has 0 aliphatic heterocycles. The van der Waals surface area contributed by atoms with Crippen LogP contribution >= 0.6 is 40.4 Å². The largest absolute Gasteiger partial charge is 0.298 e. The van der Waals surface area contributed by atoms with E-state index in [0.717, 1.165) is 0 Å². The molecule has 0 heterocycles. The summed E-state index contributed by atoms with van der Waals surface area (Å²) in [5, 5.41) is 5.75. The van der Waals surface area contributed by atoms with Crippen LogP contribution in [0.1, 0.15) is 13.8 Å². The molecule has 94 valence electrons. The van der Waals surface area contributed by atoms with Crippen LogP contribution in [-0.4, -0.2) is 35.2 Å². The van der Waals surface area contributed by atoms with Crippen LogP contribution in [0, 0.1) is 0 Å². The summed E-state index contributed by atoms with van der Waals surface area (Å²) >= 11 is 0. The van der Waals surface area contributed by atoms with E-state index < -0.39 is 0 Å². The molecule has 2 unspecified atom stereocenters. The lowest BCUT2D eigenvalue weighted by Gasteiger charge is -2.13. The maximum absolute atomic E-state index is 11.1. The molecule has 8 heteroatoms. The zero-order valence-electron chi connectivity index (χ0n) is 9.36. The van der Waals surface area contributed by atoms with Gasteiger partial charge >= 0.3 is 0 Å². The molecule has 0 fully saturated rings. The van der Waals surface area contributed by atoms with Gasteiger partial charge in [0.2, 0.25) is 0 Å². The molecule has 2 N–H and O–H groups in total. The summed E-state index contributed by atoms with van der Waals surface area (Å²) < 4.78 is 0. The topological polar surface area (TPSA) is 58.2 Å². The fourth-order valence-corrected chi connectivity index (χ4v) is 4.37. The maximum Gasteiger partial charge on any atom is 0.147 e. The van der Waals surface area contributed by atoms with Crippen molar-refractivity contribution in [1.29, 1.82) is 0 Å². The highest BCUT2D eigenvalue weighted by Gasteiger charge is 2.14. The van der Waals surface area contributed by atoms with Crippen molar-refractivity contribution in [3.63, 3.8) is 0 Å². The molecule has 4 atom stereocenters. The lowest BCUT2D eigenvalue weighted by atomic mass is 10.3. The summed E-state index contributed by atoms with van der Waals surface area (Å²) in [5.74, 6) is 1.64. The second-order valence-electron chi connectivity index (χ2n) is 3.23. The van der Waals surface area contributed by atoms with Gasteiger partial charge in [-0.2, -0.15) is 0 Å². The van der Waals surface area contributed by atoms with Crippen molar-refractivity contribution in [1.82, 2.24) is 10.2 Å². The molecule has 0 aromatic heterocycles. The minimum absolute atomic E-state index is 0.121. The number of hydrogen-bond acceptors (Lipinski definition) is 6. The van der Waals surface area contributed by atoms with Gasteiger partial charge in [-0.15, -0.1) is 0 Å². The van der Waals surface area contributed by atoms with Gasteiger partial charge in [-0.05, 0) is 13.8 Å². The Morgan fingerprint density at radius 2 is 1.31 bits per heavy atom. The number of carbonyl (C=O) groups excluding carboxylic acids is 2. The number of rotatable bonds is 9. The molecule has 0 amide bonds. The van der Waals surface area contributed by atoms with Crippen LogP contribution in [0.4, 0.5) is 0 Å². The standard InChI is InChI=1S/C8H18N2O2P2S2/c1-5(11)7(9-13)3-15-16-4-8(10-14)6(2)12/h7-10H,3-4,13-14H2,1-2H3/t7-,8-/m0/s1. The third kappa shape index (κ3) is 7.21. The summed E-state index contributed by atoms with van der Waals surface area (Å²) in [4.78, 5) is 22.2. The lowest BCUT2D eigenvalue weighted by Crippen LogP contribution is -2.32. The second-order valence-corrected chi connectivity index (χ2v) is 6.45. The summed E-state index contributed by atoms with van der Waals surface area (Å²) in [6.07, 6.45) is 0. The Hall–Kier alpha value is 0.820. The minimum atomic E-state index is -0.137. The number of hydrogen-bond donors (Lipinski definition) is 2. The summed E-state index contributed by atoms with van der Waals surface area (Å²) in [6.45, 7) is 3.13. The molecule has 0 aliphatic rings. The van der Waals surface area contributed by atoms with E-state index in [4.69, 9.17) is 0 Å². The Balaban J connectivity index is 3.73. The molecule has 0 saturated heterocycles. The molecular formula is C8H18N2O2P2S2. The van der Waals surface area contributed by atoms with Crippen LogP contribution in [0.5, 0.6) is 0 Å². The van der Waals surface area contributed by atoms with Gasteiger partial charge in [0.1, 0.15) is 11.6 Å². The molecule has 0 spiro atoms. The van der Waals surface area contributed by atoms with E-state index in [-0.39, 0.29) is 23.7 Å². The van der Waals surface area contributed by atoms with Crippen LogP contribution in [0.15, 0.2) is 0 Å². The zero-order valence-corrected chi connectivity index (χ0v) is 13.3. The van der Waals surface area contributed by atoms with Crippen LogP contribution in [0.25, 0.3) is 0 Å². The van der Waals surface area contributed by atoms with Gasteiger partial charge < -0.3 is 0 Å². The van der Waals surface area contributed by atoms with Crippen molar-refractivity contribution in [2.75, 3.05) is 11.5 Å². The molecule has 16 heavy (non-hydrogen) atoms. The average molecular weight is 300 g/mol. The fraction of sp³-hybridized carbons (Fsp3) is 0.750. The van der Waals surface area contributed by atoms with E-state index in [1.165, 1.54) is 0 Å². The van der Waals surface area contributed by atoms with Gasteiger partial charge in [0.05, 0.1) is 12.1 Å². The van der Waals surface area contributed by atoms with Crippen molar-refractivity contribution >= 4 is 51.9 Å². The predicted octanol–water partition coefficient (Wildman–Crippen LogP) is 1.04. The first-order valence-electron chi connectivity index (χ1n) is 4.70. The monoisotopic (exact) mass is 300 g/mol. The summed E-state index contributed by atoms with van der Waals surface area (Å²) in [5.41, 5.74) is 0. The highest BCUT2D eigenvalue weighted by Crippen LogP contribution is 2.23. The van der Waals surface area contributed by atoms with Gasteiger partial charge in [0.25, 0.3) is 0 Å². The van der Waals surface area contributed by atoms with Crippen LogP contribution < -0.4 is 10.2 Å². The van der Waals surface area contributed by atoms with Gasteiger partial charge in [-0.1, -0.05) is 40.4 Å². The number of nitrogens with one attached hydrogen (secondary N) is 2. The summed E-state index contributed by atoms with van der Waals surface area (Å²) in [7, 11) is 7.89. The van der Waals surface area contributed by atoms with Crippen molar-refractivity contribution < 1.29 is 9.59 Å².